The smallest absolute Gasteiger partial charge is 0.270 e. The van der Waals surface area contributed by atoms with E-state index in [0.717, 1.165) is 11.3 Å². The van der Waals surface area contributed by atoms with Crippen molar-refractivity contribution in [2.75, 3.05) is 5.43 Å². The van der Waals surface area contributed by atoms with Crippen molar-refractivity contribution in [1.29, 1.82) is 5.26 Å². The first-order valence-corrected chi connectivity index (χ1v) is 8.15. The molecule has 0 fully saturated rings. The lowest BCUT2D eigenvalue weighted by atomic mass is 10.1. The van der Waals surface area contributed by atoms with E-state index < -0.39 is 10.7 Å². The van der Waals surface area contributed by atoms with Crippen molar-refractivity contribution in [3.63, 3.8) is 0 Å². The summed E-state index contributed by atoms with van der Waals surface area (Å²) in [5.74, 6) is -0.495. The number of nitriles is 1. The third-order valence-corrected chi connectivity index (χ3v) is 4.18. The Morgan fingerprint density at radius 1 is 1.31 bits per heavy atom. The first kappa shape index (κ1) is 17.2. The first-order chi connectivity index (χ1) is 12.6. The van der Waals surface area contributed by atoms with E-state index in [0.29, 0.717) is 16.3 Å². The van der Waals surface area contributed by atoms with Gasteiger partial charge < -0.3 is 0 Å². The minimum atomic E-state index is -0.495. The fourth-order valence-electron chi connectivity index (χ4n) is 2.08. The van der Waals surface area contributed by atoms with Crippen LogP contribution in [0.15, 0.2) is 59.0 Å². The van der Waals surface area contributed by atoms with Crippen molar-refractivity contribution in [2.24, 2.45) is 5.10 Å². The highest BCUT2D eigenvalue weighted by Crippen LogP contribution is 2.25. The van der Waals surface area contributed by atoms with Gasteiger partial charge in [0.1, 0.15) is 11.9 Å². The lowest BCUT2D eigenvalue weighted by Gasteiger charge is -2.01. The fourth-order valence-corrected chi connectivity index (χ4v) is 2.85. The minimum Gasteiger partial charge on any atom is -0.274 e. The second-order valence-electron chi connectivity index (χ2n) is 5.01. The molecule has 3 aromatic rings. The predicted octanol–water partition coefficient (Wildman–Crippen LogP) is 4.20. The van der Waals surface area contributed by atoms with Crippen molar-refractivity contribution in [3.8, 4) is 17.3 Å². The third kappa shape index (κ3) is 3.71. The molecule has 0 unspecified atom stereocenters. The predicted molar refractivity (Wildman–Crippen MR) is 96.4 cm³/mol. The maximum absolute atomic E-state index is 13.6. The second kappa shape index (κ2) is 7.50. The number of nitrogens with one attached hydrogen (secondary N) is 1. The van der Waals surface area contributed by atoms with Gasteiger partial charge in [0.05, 0.1) is 16.3 Å². The standard InChI is InChI=1S/C17H10FN5O2S/c18-13-6-1-2-7-14(13)21-22-15(9-19)17-20-16(10-26-17)11-4-3-5-12(8-11)23(24)25/h1-8,10,21H/b22-15+. The number of anilines is 1. The summed E-state index contributed by atoms with van der Waals surface area (Å²) in [5.41, 5.74) is 3.62. The number of hydrogen-bond acceptors (Lipinski definition) is 7. The summed E-state index contributed by atoms with van der Waals surface area (Å²) in [6.45, 7) is 0. The van der Waals surface area contributed by atoms with E-state index in [2.05, 4.69) is 15.5 Å². The Balaban J connectivity index is 1.87. The van der Waals surface area contributed by atoms with E-state index in [-0.39, 0.29) is 17.1 Å². The summed E-state index contributed by atoms with van der Waals surface area (Å²) in [4.78, 5) is 14.7. The van der Waals surface area contributed by atoms with Crippen molar-refractivity contribution >= 4 is 28.4 Å². The molecule has 0 atom stereocenters. The summed E-state index contributed by atoms with van der Waals surface area (Å²) < 4.78 is 13.6. The lowest BCUT2D eigenvalue weighted by molar-refractivity contribution is -0.384. The van der Waals surface area contributed by atoms with E-state index in [1.807, 2.05) is 6.07 Å². The van der Waals surface area contributed by atoms with Crippen molar-refractivity contribution in [2.45, 2.75) is 0 Å². The number of benzene rings is 2. The molecular weight excluding hydrogens is 357 g/mol. The van der Waals surface area contributed by atoms with E-state index in [9.17, 15) is 19.8 Å². The SMILES string of the molecule is N#C/C(=N\Nc1ccccc1F)c1nc(-c2cccc([N+](=O)[O-])c2)cs1. The fraction of sp³-hybridized carbons (Fsp3) is 0. The topological polar surface area (TPSA) is 104 Å². The molecule has 0 amide bonds. The van der Waals surface area contributed by atoms with Crippen LogP contribution in [0.1, 0.15) is 5.01 Å². The Morgan fingerprint density at radius 2 is 2.12 bits per heavy atom. The molecular formula is C17H10FN5O2S. The van der Waals surface area contributed by atoms with Crippen LogP contribution in [0.3, 0.4) is 0 Å². The number of non-ortho nitro benzene ring substituents is 1. The van der Waals surface area contributed by atoms with Gasteiger partial charge in [0.15, 0.2) is 10.7 Å². The molecule has 0 aliphatic carbocycles. The monoisotopic (exact) mass is 367 g/mol. The molecule has 0 saturated heterocycles. The van der Waals surface area contributed by atoms with Crippen LogP contribution in [0.25, 0.3) is 11.3 Å². The Bertz CT molecular complexity index is 1040. The Morgan fingerprint density at radius 3 is 2.85 bits per heavy atom. The summed E-state index contributed by atoms with van der Waals surface area (Å²) >= 11 is 1.16. The number of para-hydroxylation sites is 1. The third-order valence-electron chi connectivity index (χ3n) is 3.33. The first-order valence-electron chi connectivity index (χ1n) is 7.27. The number of nitro groups is 1. The van der Waals surface area contributed by atoms with Gasteiger partial charge in [-0.05, 0) is 12.1 Å². The number of hydrogen-bond donors (Lipinski definition) is 1. The Kier molecular flexibility index (Phi) is 4.96. The summed E-state index contributed by atoms with van der Waals surface area (Å²) in [5, 5.41) is 26.1. The Labute approximate surface area is 151 Å². The molecule has 1 heterocycles. The maximum atomic E-state index is 13.6. The molecule has 1 aromatic heterocycles. The highest BCUT2D eigenvalue weighted by molar-refractivity contribution is 7.12. The van der Waals surface area contributed by atoms with Gasteiger partial charge in [-0.3, -0.25) is 15.5 Å². The Hall–Kier alpha value is -3.64. The van der Waals surface area contributed by atoms with Gasteiger partial charge in [0.2, 0.25) is 0 Å². The molecule has 26 heavy (non-hydrogen) atoms. The van der Waals surface area contributed by atoms with Gasteiger partial charge in [-0.2, -0.15) is 10.4 Å². The molecule has 7 nitrogen and oxygen atoms in total. The highest BCUT2D eigenvalue weighted by Gasteiger charge is 2.13. The zero-order valence-corrected chi connectivity index (χ0v) is 13.9. The molecule has 2 aromatic carbocycles. The number of rotatable bonds is 5. The van der Waals surface area contributed by atoms with Gasteiger partial charge in [-0.15, -0.1) is 11.3 Å². The van der Waals surface area contributed by atoms with Crippen molar-refractivity contribution < 1.29 is 9.31 Å². The van der Waals surface area contributed by atoms with Gasteiger partial charge in [0.25, 0.3) is 5.69 Å². The summed E-state index contributed by atoms with van der Waals surface area (Å²) in [6.07, 6.45) is 0. The van der Waals surface area contributed by atoms with Gasteiger partial charge >= 0.3 is 0 Å². The van der Waals surface area contributed by atoms with Crippen LogP contribution in [0.5, 0.6) is 0 Å². The van der Waals surface area contributed by atoms with Crippen LogP contribution >= 0.6 is 11.3 Å². The number of nitro benzene ring substituents is 1. The molecule has 1 N–H and O–H groups in total. The van der Waals surface area contributed by atoms with Crippen LogP contribution < -0.4 is 5.43 Å². The van der Waals surface area contributed by atoms with Crippen molar-refractivity contribution in [3.05, 3.63) is 74.9 Å². The molecule has 3 rings (SSSR count). The average Bonchev–Trinajstić information content (AvgIpc) is 3.14. The van der Waals surface area contributed by atoms with Gasteiger partial charge in [-0.1, -0.05) is 24.3 Å². The molecule has 0 radical (unpaired) electrons. The van der Waals surface area contributed by atoms with E-state index in [4.69, 9.17) is 0 Å². The minimum absolute atomic E-state index is 0.0186. The van der Waals surface area contributed by atoms with Crippen LogP contribution in [0.4, 0.5) is 15.8 Å². The average molecular weight is 367 g/mol. The number of halogens is 1. The number of thiazole rings is 1. The van der Waals surface area contributed by atoms with Crippen LogP contribution in [-0.4, -0.2) is 15.6 Å². The summed E-state index contributed by atoms with van der Waals surface area (Å²) in [7, 11) is 0. The molecule has 0 aliphatic heterocycles. The largest absolute Gasteiger partial charge is 0.274 e. The lowest BCUT2D eigenvalue weighted by Crippen LogP contribution is -2.02. The van der Waals surface area contributed by atoms with E-state index >= 15 is 0 Å². The van der Waals surface area contributed by atoms with Crippen LogP contribution in [0, 0.1) is 27.3 Å². The number of nitrogens with zero attached hydrogens (tertiary/aromatic N) is 4. The maximum Gasteiger partial charge on any atom is 0.270 e. The van der Waals surface area contributed by atoms with Crippen molar-refractivity contribution in [1.82, 2.24) is 4.98 Å². The van der Waals surface area contributed by atoms with Gasteiger partial charge in [-0.25, -0.2) is 9.37 Å². The normalized spacial score (nSPS) is 11.0. The number of hydrazone groups is 1. The molecule has 0 aliphatic rings. The molecule has 128 valence electrons. The van der Waals surface area contributed by atoms with Gasteiger partial charge in [0, 0.05) is 23.1 Å². The number of aromatic nitrogens is 1. The zero-order chi connectivity index (χ0) is 18.5. The van der Waals surface area contributed by atoms with E-state index in [1.165, 1.54) is 24.3 Å². The van der Waals surface area contributed by atoms with Crippen LogP contribution in [0.2, 0.25) is 0 Å². The zero-order valence-electron chi connectivity index (χ0n) is 13.1. The molecule has 0 saturated carbocycles. The second-order valence-corrected chi connectivity index (χ2v) is 5.87. The highest BCUT2D eigenvalue weighted by atomic mass is 32.1. The molecule has 0 bridgehead atoms. The van der Waals surface area contributed by atoms with E-state index in [1.54, 1.807) is 29.6 Å². The molecule has 9 heteroatoms. The van der Waals surface area contributed by atoms with Crippen LogP contribution in [-0.2, 0) is 0 Å². The molecule has 0 spiro atoms. The quantitative estimate of drug-likeness (QED) is 0.413. The summed E-state index contributed by atoms with van der Waals surface area (Å²) in [6, 6.07) is 13.9.